The Labute approximate surface area is 182 Å². The van der Waals surface area contributed by atoms with Crippen molar-refractivity contribution < 1.29 is 18.4 Å². The third kappa shape index (κ3) is 23.8. The zero-order chi connectivity index (χ0) is 22.1. The lowest BCUT2D eigenvalue weighted by atomic mass is 10.2. The Hall–Kier alpha value is -2.23. The fourth-order valence-corrected chi connectivity index (χ4v) is 2.49. The van der Waals surface area contributed by atoms with E-state index in [1.807, 2.05) is 12.2 Å². The van der Waals surface area contributed by atoms with Crippen molar-refractivity contribution in [1.29, 1.82) is 0 Å². The topological polar surface area (TPSA) is 72.5 Å². The Bertz CT molecular complexity index is 663. The quantitative estimate of drug-likeness (QED) is 0.149. The van der Waals surface area contributed by atoms with Crippen LogP contribution in [0, 0.1) is 0 Å². The second-order valence-corrected chi connectivity index (χ2v) is 7.07. The van der Waals surface area contributed by atoms with Gasteiger partial charge in [-0.2, -0.15) is 0 Å². The molecule has 0 fully saturated rings. The Morgan fingerprint density at radius 2 is 1.17 bits per heavy atom. The van der Waals surface area contributed by atoms with Crippen molar-refractivity contribution in [3.63, 3.8) is 0 Å². The second-order valence-electron chi connectivity index (χ2n) is 6.36. The Morgan fingerprint density at radius 1 is 0.733 bits per heavy atom. The number of nitrogens with one attached hydrogen (secondary N) is 1. The van der Waals surface area contributed by atoms with Gasteiger partial charge in [-0.1, -0.05) is 79.8 Å². The second kappa shape index (κ2) is 23.1. The molecule has 5 nitrogen and oxygen atoms in total. The van der Waals surface area contributed by atoms with Gasteiger partial charge in [0, 0.05) is 13.0 Å². The molecular formula is C24H36NO4P. The molecule has 0 bridgehead atoms. The summed E-state index contributed by atoms with van der Waals surface area (Å²) in [7, 11) is -2.84. The summed E-state index contributed by atoms with van der Waals surface area (Å²) in [5.74, 6) is -0.112. The van der Waals surface area contributed by atoms with Crippen molar-refractivity contribution in [2.24, 2.45) is 0 Å². The molecule has 0 aromatic rings. The van der Waals surface area contributed by atoms with Crippen LogP contribution in [0.4, 0.5) is 0 Å². The smallest absolute Gasteiger partial charge is 0.354 e. The summed E-state index contributed by atoms with van der Waals surface area (Å²) < 4.78 is 24.7. The highest BCUT2D eigenvalue weighted by molar-refractivity contribution is 7.24. The first-order chi connectivity index (χ1) is 14.7. The van der Waals surface area contributed by atoms with Crippen molar-refractivity contribution in [2.75, 3.05) is 13.2 Å². The van der Waals surface area contributed by atoms with Gasteiger partial charge in [-0.15, -0.1) is 0 Å². The number of hydrogen-bond donors (Lipinski definition) is 1. The van der Waals surface area contributed by atoms with Gasteiger partial charge >= 0.3 is 7.91 Å². The zero-order valence-electron chi connectivity index (χ0n) is 18.1. The first-order valence-electron chi connectivity index (χ1n) is 10.6. The van der Waals surface area contributed by atoms with Crippen LogP contribution in [0.25, 0.3) is 0 Å². The Morgan fingerprint density at radius 3 is 1.60 bits per heavy atom. The maximum atomic E-state index is 11.5. The molecule has 0 saturated heterocycles. The van der Waals surface area contributed by atoms with Gasteiger partial charge < -0.3 is 5.32 Å². The molecule has 0 atom stereocenters. The van der Waals surface area contributed by atoms with Crippen LogP contribution in [-0.4, -0.2) is 19.1 Å². The Kier molecular flexibility index (Phi) is 21.3. The minimum atomic E-state index is -2.84. The minimum absolute atomic E-state index is 0.0235. The number of hydrogen-bond acceptors (Lipinski definition) is 4. The molecular weight excluding hydrogens is 397 g/mol. The summed E-state index contributed by atoms with van der Waals surface area (Å²) in [5, 5.41) is 2.60. The molecule has 0 saturated carbocycles. The fourth-order valence-electron chi connectivity index (χ4n) is 2.25. The standard InChI is InChI=1S/C24H36NO4P/c1-2-3-4-5-6-7-8-9-10-11-12-13-14-15-16-17-18-19-20-21-24(26)25-22-23-29-30(27)28/h3-4,6-7,9-10,12-13,15-16,18-19H,2,5,8,11,14,17,20-23H2,1H3,(H,25,26)/b4-3?,7-6?,10-9?,13-12?,16-15?,19-18-. The third-order valence-electron chi connectivity index (χ3n) is 3.76. The highest BCUT2D eigenvalue weighted by Gasteiger charge is 1.99. The molecule has 166 valence electrons. The molecule has 0 aliphatic heterocycles. The molecule has 0 aliphatic carbocycles. The molecule has 1 N–H and O–H groups in total. The average molecular weight is 434 g/mol. The van der Waals surface area contributed by atoms with Gasteiger partial charge in [0.2, 0.25) is 5.91 Å². The van der Waals surface area contributed by atoms with E-state index in [2.05, 4.69) is 77.5 Å². The zero-order valence-corrected chi connectivity index (χ0v) is 19.0. The van der Waals surface area contributed by atoms with Gasteiger partial charge in [0.05, 0.1) is 6.61 Å². The van der Waals surface area contributed by atoms with E-state index in [0.29, 0.717) is 12.8 Å². The van der Waals surface area contributed by atoms with Crippen LogP contribution in [0.15, 0.2) is 72.9 Å². The van der Waals surface area contributed by atoms with E-state index in [4.69, 9.17) is 0 Å². The van der Waals surface area contributed by atoms with Gasteiger partial charge in [0.25, 0.3) is 0 Å². The number of rotatable bonds is 18. The average Bonchev–Trinajstić information content (AvgIpc) is 2.72. The Balaban J connectivity index is 3.57. The van der Waals surface area contributed by atoms with Crippen LogP contribution in [0.2, 0.25) is 0 Å². The van der Waals surface area contributed by atoms with Crippen molar-refractivity contribution >= 4 is 13.8 Å². The van der Waals surface area contributed by atoms with E-state index in [1.165, 1.54) is 0 Å². The number of carbonyl (C=O) groups excluding carboxylic acids is 1. The number of carbonyl (C=O) groups is 1. The van der Waals surface area contributed by atoms with Crippen LogP contribution in [-0.2, 0) is 18.4 Å². The normalized spacial score (nSPS) is 12.6. The number of amides is 1. The van der Waals surface area contributed by atoms with Gasteiger partial charge in [0.1, 0.15) is 0 Å². The van der Waals surface area contributed by atoms with Crippen molar-refractivity contribution in [2.45, 2.75) is 58.3 Å². The maximum Gasteiger partial charge on any atom is 0.468 e. The largest absolute Gasteiger partial charge is 0.468 e. The molecule has 1 amide bonds. The first kappa shape index (κ1) is 27.8. The van der Waals surface area contributed by atoms with Crippen LogP contribution in [0.3, 0.4) is 0 Å². The molecule has 0 aliphatic rings. The lowest BCUT2D eigenvalue weighted by molar-refractivity contribution is -0.121. The predicted octanol–water partition coefficient (Wildman–Crippen LogP) is 6.69. The summed E-state index contributed by atoms with van der Waals surface area (Å²) in [5.41, 5.74) is 0. The predicted molar refractivity (Wildman–Crippen MR) is 125 cm³/mol. The van der Waals surface area contributed by atoms with E-state index in [9.17, 15) is 13.9 Å². The van der Waals surface area contributed by atoms with E-state index in [0.717, 1.165) is 38.5 Å². The molecule has 0 heterocycles. The van der Waals surface area contributed by atoms with Crippen molar-refractivity contribution in [1.82, 2.24) is 5.32 Å². The lowest BCUT2D eigenvalue weighted by Gasteiger charge is -2.01. The summed E-state index contributed by atoms with van der Waals surface area (Å²) in [6, 6.07) is 0. The van der Waals surface area contributed by atoms with E-state index < -0.39 is 7.91 Å². The van der Waals surface area contributed by atoms with E-state index in [-0.39, 0.29) is 19.1 Å². The monoisotopic (exact) mass is 433 g/mol. The molecule has 0 aromatic heterocycles. The maximum absolute atomic E-state index is 11.5. The van der Waals surface area contributed by atoms with Crippen LogP contribution >= 0.6 is 7.91 Å². The van der Waals surface area contributed by atoms with Gasteiger partial charge in [-0.25, -0.2) is 9.13 Å². The highest BCUT2D eigenvalue weighted by atomic mass is 31.1. The van der Waals surface area contributed by atoms with Gasteiger partial charge in [-0.3, -0.25) is 9.32 Å². The molecule has 0 unspecified atom stereocenters. The van der Waals surface area contributed by atoms with E-state index >= 15 is 0 Å². The first-order valence-corrected chi connectivity index (χ1v) is 11.7. The summed E-state index contributed by atoms with van der Waals surface area (Å²) in [4.78, 5) is 11.5. The highest BCUT2D eigenvalue weighted by Crippen LogP contribution is 2.02. The third-order valence-corrected chi connectivity index (χ3v) is 4.15. The minimum Gasteiger partial charge on any atom is -0.354 e. The molecule has 0 rings (SSSR count). The summed E-state index contributed by atoms with van der Waals surface area (Å²) in [6.45, 7) is 2.32. The molecule has 0 radical (unpaired) electrons. The summed E-state index contributed by atoms with van der Waals surface area (Å²) in [6.07, 6.45) is 32.6. The van der Waals surface area contributed by atoms with E-state index in [1.54, 1.807) is 0 Å². The van der Waals surface area contributed by atoms with Gasteiger partial charge in [0.15, 0.2) is 0 Å². The van der Waals surface area contributed by atoms with Crippen molar-refractivity contribution in [3.05, 3.63) is 72.9 Å². The number of allylic oxidation sites excluding steroid dienone is 12. The van der Waals surface area contributed by atoms with Crippen LogP contribution in [0.5, 0.6) is 0 Å². The van der Waals surface area contributed by atoms with Gasteiger partial charge in [-0.05, 0) is 44.9 Å². The summed E-state index contributed by atoms with van der Waals surface area (Å²) >= 11 is 0. The molecule has 6 heteroatoms. The fraction of sp³-hybridized carbons (Fsp3) is 0.458. The molecule has 30 heavy (non-hydrogen) atoms. The lowest BCUT2D eigenvalue weighted by Crippen LogP contribution is -2.26. The van der Waals surface area contributed by atoms with Crippen LogP contribution < -0.4 is 5.32 Å². The molecule has 0 aromatic carbocycles. The van der Waals surface area contributed by atoms with Crippen LogP contribution in [0.1, 0.15) is 58.3 Å². The van der Waals surface area contributed by atoms with Crippen molar-refractivity contribution in [3.8, 4) is 0 Å². The SMILES string of the molecule is CCC=CCC=CCC=CCC=CCC=CC/C=C\CCC(=O)NCCOP(=O)=O. The molecule has 0 spiro atoms.